The largest absolute Gasteiger partial charge is 0.495 e. The van der Waals surface area contributed by atoms with E-state index >= 15 is 0 Å². The smallest absolute Gasteiger partial charge is 0.311 e. The van der Waals surface area contributed by atoms with E-state index in [1.165, 1.54) is 0 Å². The predicted octanol–water partition coefficient (Wildman–Crippen LogP) is 5.96. The van der Waals surface area contributed by atoms with Gasteiger partial charge in [0, 0.05) is 10.9 Å². The third-order valence-electron chi connectivity index (χ3n) is 4.46. The van der Waals surface area contributed by atoms with Crippen molar-refractivity contribution in [3.8, 4) is 11.5 Å². The second-order valence-electron chi connectivity index (χ2n) is 6.57. The number of rotatable bonds is 7. The van der Waals surface area contributed by atoms with Gasteiger partial charge in [0.15, 0.2) is 0 Å². The van der Waals surface area contributed by atoms with Crippen LogP contribution in [0.25, 0.3) is 10.8 Å². The van der Waals surface area contributed by atoms with Crippen molar-refractivity contribution in [3.63, 3.8) is 0 Å². The molecule has 0 bridgehead atoms. The summed E-state index contributed by atoms with van der Waals surface area (Å²) < 4.78 is 11.8. The van der Waals surface area contributed by atoms with E-state index in [0.717, 1.165) is 28.1 Å². The second kappa shape index (κ2) is 9.56. The Bertz CT molecular complexity index is 1050. The van der Waals surface area contributed by atoms with Crippen molar-refractivity contribution < 1.29 is 19.1 Å². The molecule has 0 fully saturated rings. The lowest BCUT2D eigenvalue weighted by Crippen LogP contribution is -2.16. The highest BCUT2D eigenvalue weighted by molar-refractivity contribution is 9.10. The molecule has 0 radical (unpaired) electrons. The maximum absolute atomic E-state index is 13.1. The third-order valence-corrected chi connectivity index (χ3v) is 4.95. The molecule has 0 heterocycles. The molecule has 0 aromatic heterocycles. The highest BCUT2D eigenvalue weighted by Crippen LogP contribution is 2.31. The van der Waals surface area contributed by atoms with Crippen LogP contribution in [-0.4, -0.2) is 19.0 Å². The average Bonchev–Trinajstić information content (AvgIpc) is 2.72. The van der Waals surface area contributed by atoms with Gasteiger partial charge in [0.25, 0.3) is 5.91 Å². The number of benzene rings is 3. The molecule has 0 atom stereocenters. The summed E-state index contributed by atoms with van der Waals surface area (Å²) in [5, 5.41) is 4.58. The summed E-state index contributed by atoms with van der Waals surface area (Å²) in [6.45, 7) is 2.01. The van der Waals surface area contributed by atoms with Crippen molar-refractivity contribution in [2.75, 3.05) is 12.4 Å². The van der Waals surface area contributed by atoms with Gasteiger partial charge in [-0.2, -0.15) is 0 Å². The lowest BCUT2D eigenvalue weighted by atomic mass is 10.0. The molecule has 3 rings (SSSR count). The fourth-order valence-corrected chi connectivity index (χ4v) is 3.32. The van der Waals surface area contributed by atoms with E-state index < -0.39 is 0 Å². The molecular formula is C23H22BrNO4. The number of nitrogens with one attached hydrogen (secondary N) is 1. The number of halogens is 1. The predicted molar refractivity (Wildman–Crippen MR) is 118 cm³/mol. The van der Waals surface area contributed by atoms with Crippen molar-refractivity contribution in [3.05, 3.63) is 64.6 Å². The number of anilines is 1. The first-order valence-electron chi connectivity index (χ1n) is 9.40. The molecule has 29 heavy (non-hydrogen) atoms. The van der Waals surface area contributed by atoms with Gasteiger partial charge >= 0.3 is 5.97 Å². The molecule has 3 aromatic carbocycles. The number of ether oxygens (including phenoxy) is 2. The summed E-state index contributed by atoms with van der Waals surface area (Å²) in [6.07, 6.45) is 1.94. The quantitative estimate of drug-likeness (QED) is 0.352. The normalized spacial score (nSPS) is 10.6. The number of carbonyl (C=O) groups excluding carboxylic acids is 2. The monoisotopic (exact) mass is 455 g/mol. The third kappa shape index (κ3) is 5.15. The molecule has 6 heteroatoms. The van der Waals surface area contributed by atoms with Crippen LogP contribution < -0.4 is 14.8 Å². The highest BCUT2D eigenvalue weighted by atomic mass is 79.9. The summed E-state index contributed by atoms with van der Waals surface area (Å²) in [5.74, 6) is 0.0588. The number of hydrogen-bond donors (Lipinski definition) is 1. The Hall–Kier alpha value is -2.86. The maximum Gasteiger partial charge on any atom is 0.311 e. The van der Waals surface area contributed by atoms with Crippen LogP contribution in [0.15, 0.2) is 59.1 Å². The molecule has 0 spiro atoms. The fraction of sp³-hybridized carbons (Fsp3) is 0.217. The topological polar surface area (TPSA) is 64.6 Å². The number of methoxy groups -OCH3 is 1. The number of esters is 1. The van der Waals surface area contributed by atoms with Gasteiger partial charge < -0.3 is 14.8 Å². The lowest BCUT2D eigenvalue weighted by Gasteiger charge is -2.14. The standard InChI is InChI=1S/C23H22BrNO4/c1-3-4-9-22(26)29-21-14-15-10-11-17(24)12-16(15)13-18(21)23(27)25-19-7-5-6-8-20(19)28-2/h5-8,10-14H,3-4,9H2,1-2H3,(H,25,27). The van der Waals surface area contributed by atoms with Crippen LogP contribution in [0, 0.1) is 0 Å². The Morgan fingerprint density at radius 2 is 1.79 bits per heavy atom. The first-order chi connectivity index (χ1) is 14.0. The van der Waals surface area contributed by atoms with Crippen LogP contribution in [0.5, 0.6) is 11.5 Å². The van der Waals surface area contributed by atoms with E-state index in [1.54, 1.807) is 37.4 Å². The Morgan fingerprint density at radius 3 is 2.55 bits per heavy atom. The molecular weight excluding hydrogens is 434 g/mol. The maximum atomic E-state index is 13.1. The number of fused-ring (bicyclic) bond motifs is 1. The fourth-order valence-electron chi connectivity index (χ4n) is 2.94. The number of unbranched alkanes of at least 4 members (excludes halogenated alkanes) is 1. The van der Waals surface area contributed by atoms with Gasteiger partial charge in [-0.25, -0.2) is 0 Å². The van der Waals surface area contributed by atoms with Gasteiger partial charge in [0.1, 0.15) is 11.5 Å². The zero-order chi connectivity index (χ0) is 20.8. The Kier molecular flexibility index (Phi) is 6.88. The Labute approximate surface area is 178 Å². The summed E-state index contributed by atoms with van der Waals surface area (Å²) in [5.41, 5.74) is 0.823. The highest BCUT2D eigenvalue weighted by Gasteiger charge is 2.18. The first kappa shape index (κ1) is 20.9. The van der Waals surface area contributed by atoms with Crippen molar-refractivity contribution in [1.29, 1.82) is 0 Å². The minimum absolute atomic E-state index is 0.244. The summed E-state index contributed by atoms with van der Waals surface area (Å²) in [7, 11) is 1.54. The van der Waals surface area contributed by atoms with Crippen molar-refractivity contribution in [2.45, 2.75) is 26.2 Å². The van der Waals surface area contributed by atoms with Crippen LogP contribution in [0.1, 0.15) is 36.5 Å². The molecule has 1 amide bonds. The average molecular weight is 456 g/mol. The molecule has 0 aliphatic rings. The lowest BCUT2D eigenvalue weighted by molar-refractivity contribution is -0.134. The molecule has 3 aromatic rings. The van der Waals surface area contributed by atoms with E-state index in [-0.39, 0.29) is 23.2 Å². The van der Waals surface area contributed by atoms with E-state index in [4.69, 9.17) is 9.47 Å². The van der Waals surface area contributed by atoms with E-state index in [9.17, 15) is 9.59 Å². The minimum atomic E-state index is -0.380. The Balaban J connectivity index is 1.99. The number of para-hydroxylation sites is 2. The molecule has 0 saturated heterocycles. The van der Waals surface area contributed by atoms with Crippen molar-refractivity contribution in [2.24, 2.45) is 0 Å². The van der Waals surface area contributed by atoms with E-state index in [2.05, 4.69) is 21.2 Å². The van der Waals surface area contributed by atoms with Gasteiger partial charge in [0.2, 0.25) is 0 Å². The van der Waals surface area contributed by atoms with Gasteiger partial charge in [0.05, 0.1) is 18.4 Å². The summed E-state index contributed by atoms with van der Waals surface area (Å²) >= 11 is 3.45. The van der Waals surface area contributed by atoms with Crippen molar-refractivity contribution in [1.82, 2.24) is 0 Å². The molecule has 0 unspecified atom stereocenters. The van der Waals surface area contributed by atoms with Crippen LogP contribution in [0.2, 0.25) is 0 Å². The van der Waals surface area contributed by atoms with Gasteiger partial charge in [-0.3, -0.25) is 9.59 Å². The molecule has 1 N–H and O–H groups in total. The van der Waals surface area contributed by atoms with E-state index in [0.29, 0.717) is 17.9 Å². The van der Waals surface area contributed by atoms with Crippen LogP contribution in [0.3, 0.4) is 0 Å². The zero-order valence-corrected chi connectivity index (χ0v) is 17.9. The number of carbonyl (C=O) groups is 2. The summed E-state index contributed by atoms with van der Waals surface area (Å²) in [6, 6.07) is 16.3. The van der Waals surface area contributed by atoms with E-state index in [1.807, 2.05) is 31.2 Å². The molecule has 0 saturated carbocycles. The summed E-state index contributed by atoms with van der Waals surface area (Å²) in [4.78, 5) is 25.3. The van der Waals surface area contributed by atoms with Gasteiger partial charge in [-0.15, -0.1) is 0 Å². The molecule has 0 aliphatic carbocycles. The van der Waals surface area contributed by atoms with Crippen molar-refractivity contribution >= 4 is 44.3 Å². The number of amides is 1. The SMILES string of the molecule is CCCCC(=O)Oc1cc2ccc(Br)cc2cc1C(=O)Nc1ccccc1OC. The van der Waals surface area contributed by atoms with Crippen LogP contribution in [0.4, 0.5) is 5.69 Å². The van der Waals surface area contributed by atoms with Crippen LogP contribution >= 0.6 is 15.9 Å². The second-order valence-corrected chi connectivity index (χ2v) is 7.49. The molecule has 150 valence electrons. The Morgan fingerprint density at radius 1 is 1.00 bits per heavy atom. The molecule has 5 nitrogen and oxygen atoms in total. The molecule has 0 aliphatic heterocycles. The minimum Gasteiger partial charge on any atom is -0.495 e. The number of hydrogen-bond acceptors (Lipinski definition) is 4. The van der Waals surface area contributed by atoms with Gasteiger partial charge in [-0.1, -0.05) is 47.5 Å². The van der Waals surface area contributed by atoms with Crippen LogP contribution in [-0.2, 0) is 4.79 Å². The van der Waals surface area contributed by atoms with Gasteiger partial charge in [-0.05, 0) is 53.6 Å². The first-order valence-corrected chi connectivity index (χ1v) is 10.2. The zero-order valence-electron chi connectivity index (χ0n) is 16.3.